The predicted octanol–water partition coefficient (Wildman–Crippen LogP) is 4.14. The SMILES string of the molecule is COc1ccc(C(=O)NC2CCCCC2CBr)cc1Br. The second-order valence-electron chi connectivity index (χ2n) is 5.13. The van der Waals surface area contributed by atoms with Crippen LogP contribution in [0.1, 0.15) is 36.0 Å². The van der Waals surface area contributed by atoms with Crippen LogP contribution < -0.4 is 10.1 Å². The fraction of sp³-hybridized carbons (Fsp3) is 0.533. The lowest BCUT2D eigenvalue weighted by Crippen LogP contribution is -2.42. The van der Waals surface area contributed by atoms with Crippen LogP contribution in [0.3, 0.4) is 0 Å². The van der Waals surface area contributed by atoms with E-state index < -0.39 is 0 Å². The molecule has 0 aliphatic heterocycles. The highest BCUT2D eigenvalue weighted by Crippen LogP contribution is 2.28. The zero-order valence-electron chi connectivity index (χ0n) is 11.5. The molecule has 3 nitrogen and oxygen atoms in total. The van der Waals surface area contributed by atoms with Crippen molar-refractivity contribution in [1.82, 2.24) is 5.32 Å². The minimum Gasteiger partial charge on any atom is -0.496 e. The van der Waals surface area contributed by atoms with E-state index in [-0.39, 0.29) is 11.9 Å². The summed E-state index contributed by atoms with van der Waals surface area (Å²) >= 11 is 6.97. The summed E-state index contributed by atoms with van der Waals surface area (Å²) in [6.45, 7) is 0. The van der Waals surface area contributed by atoms with Crippen molar-refractivity contribution in [2.45, 2.75) is 31.7 Å². The molecule has 2 unspecified atom stereocenters. The van der Waals surface area contributed by atoms with Crippen molar-refractivity contribution in [3.8, 4) is 5.75 Å². The van der Waals surface area contributed by atoms with E-state index in [4.69, 9.17) is 4.74 Å². The minimum absolute atomic E-state index is 0.00815. The summed E-state index contributed by atoms with van der Waals surface area (Å²) in [5.41, 5.74) is 0.663. The first-order valence-electron chi connectivity index (χ1n) is 6.86. The van der Waals surface area contributed by atoms with Crippen LogP contribution in [-0.4, -0.2) is 24.4 Å². The number of nitrogens with one attached hydrogen (secondary N) is 1. The van der Waals surface area contributed by atoms with Gasteiger partial charge in [0.05, 0.1) is 11.6 Å². The van der Waals surface area contributed by atoms with Gasteiger partial charge in [0.15, 0.2) is 0 Å². The van der Waals surface area contributed by atoms with Gasteiger partial charge in [-0.05, 0) is 52.9 Å². The van der Waals surface area contributed by atoms with Crippen molar-refractivity contribution in [3.63, 3.8) is 0 Å². The lowest BCUT2D eigenvalue weighted by atomic mass is 9.86. The zero-order valence-corrected chi connectivity index (χ0v) is 14.7. The van der Waals surface area contributed by atoms with E-state index in [1.807, 2.05) is 6.07 Å². The molecule has 0 heterocycles. The van der Waals surface area contributed by atoms with Gasteiger partial charge in [0.2, 0.25) is 0 Å². The Morgan fingerprint density at radius 2 is 2.15 bits per heavy atom. The predicted molar refractivity (Wildman–Crippen MR) is 87.7 cm³/mol. The number of alkyl halides is 1. The maximum Gasteiger partial charge on any atom is 0.251 e. The van der Waals surface area contributed by atoms with Crippen molar-refractivity contribution in [3.05, 3.63) is 28.2 Å². The van der Waals surface area contributed by atoms with Crippen molar-refractivity contribution in [1.29, 1.82) is 0 Å². The molecule has 5 heteroatoms. The van der Waals surface area contributed by atoms with Gasteiger partial charge < -0.3 is 10.1 Å². The minimum atomic E-state index is -0.00815. The number of methoxy groups -OCH3 is 1. The van der Waals surface area contributed by atoms with Crippen LogP contribution in [0.25, 0.3) is 0 Å². The number of hydrogen-bond donors (Lipinski definition) is 1. The Labute approximate surface area is 136 Å². The van der Waals surface area contributed by atoms with E-state index in [1.54, 1.807) is 19.2 Å². The first kappa shape index (κ1) is 15.8. The van der Waals surface area contributed by atoms with Gasteiger partial charge in [-0.2, -0.15) is 0 Å². The second-order valence-corrected chi connectivity index (χ2v) is 6.63. The van der Waals surface area contributed by atoms with E-state index in [9.17, 15) is 4.79 Å². The van der Waals surface area contributed by atoms with Crippen LogP contribution in [0.4, 0.5) is 0 Å². The zero-order chi connectivity index (χ0) is 14.5. The molecule has 2 rings (SSSR count). The molecule has 110 valence electrons. The highest BCUT2D eigenvalue weighted by atomic mass is 79.9. The van der Waals surface area contributed by atoms with E-state index >= 15 is 0 Å². The van der Waals surface area contributed by atoms with Gasteiger partial charge in [-0.15, -0.1) is 0 Å². The van der Waals surface area contributed by atoms with Crippen molar-refractivity contribution >= 4 is 37.8 Å². The largest absolute Gasteiger partial charge is 0.496 e. The molecule has 1 saturated carbocycles. The topological polar surface area (TPSA) is 38.3 Å². The molecule has 2 atom stereocenters. The molecule has 1 aliphatic carbocycles. The monoisotopic (exact) mass is 403 g/mol. The Balaban J connectivity index is 2.05. The number of carbonyl (C=O) groups is 1. The Hall–Kier alpha value is -0.550. The quantitative estimate of drug-likeness (QED) is 0.765. The molecular formula is C15H19Br2NO2. The summed E-state index contributed by atoms with van der Waals surface area (Å²) in [6.07, 6.45) is 4.71. The standard InChI is InChI=1S/C15H19Br2NO2/c1-20-14-7-6-10(8-12(14)17)15(19)18-13-5-3-2-4-11(13)9-16/h6-8,11,13H,2-5,9H2,1H3,(H,18,19). The summed E-state index contributed by atoms with van der Waals surface area (Å²) in [7, 11) is 1.61. The third-order valence-corrected chi connectivity index (χ3v) is 5.29. The molecule has 1 aromatic carbocycles. The average Bonchev–Trinajstić information content (AvgIpc) is 2.47. The lowest BCUT2D eigenvalue weighted by molar-refractivity contribution is 0.0911. The van der Waals surface area contributed by atoms with Crippen LogP contribution in [0.5, 0.6) is 5.75 Å². The van der Waals surface area contributed by atoms with E-state index in [0.717, 1.165) is 22.0 Å². The van der Waals surface area contributed by atoms with Crippen LogP contribution in [-0.2, 0) is 0 Å². The second kappa shape index (κ2) is 7.46. The van der Waals surface area contributed by atoms with E-state index in [0.29, 0.717) is 11.5 Å². The fourth-order valence-electron chi connectivity index (χ4n) is 2.64. The molecule has 1 amide bonds. The number of amides is 1. The normalized spacial score (nSPS) is 22.4. The Kier molecular flexibility index (Phi) is 5.90. The summed E-state index contributed by atoms with van der Waals surface area (Å²) < 4.78 is 5.98. The van der Waals surface area contributed by atoms with Crippen molar-refractivity contribution in [2.75, 3.05) is 12.4 Å². The van der Waals surface area contributed by atoms with Gasteiger partial charge in [0, 0.05) is 16.9 Å². The summed E-state index contributed by atoms with van der Waals surface area (Å²) in [4.78, 5) is 12.3. The van der Waals surface area contributed by atoms with Crippen LogP contribution in [0.2, 0.25) is 0 Å². The molecule has 1 fully saturated rings. The van der Waals surface area contributed by atoms with Gasteiger partial charge in [-0.25, -0.2) is 0 Å². The maximum absolute atomic E-state index is 12.3. The lowest BCUT2D eigenvalue weighted by Gasteiger charge is -2.31. The molecule has 1 N–H and O–H groups in total. The molecule has 0 radical (unpaired) electrons. The third-order valence-electron chi connectivity index (χ3n) is 3.84. The van der Waals surface area contributed by atoms with Crippen LogP contribution in [0.15, 0.2) is 22.7 Å². The molecule has 1 aromatic rings. The van der Waals surface area contributed by atoms with E-state index in [2.05, 4.69) is 37.2 Å². The van der Waals surface area contributed by atoms with Gasteiger partial charge in [0.25, 0.3) is 5.91 Å². The van der Waals surface area contributed by atoms with Crippen LogP contribution in [0, 0.1) is 5.92 Å². The molecule has 1 aliphatic rings. The molecule has 0 bridgehead atoms. The number of carbonyl (C=O) groups excluding carboxylic acids is 1. The maximum atomic E-state index is 12.3. The van der Waals surface area contributed by atoms with Gasteiger partial charge >= 0.3 is 0 Å². The summed E-state index contributed by atoms with van der Waals surface area (Å²) in [5, 5.41) is 4.12. The average molecular weight is 405 g/mol. The number of benzene rings is 1. The van der Waals surface area contributed by atoms with Crippen molar-refractivity contribution in [2.24, 2.45) is 5.92 Å². The molecule has 0 spiro atoms. The Morgan fingerprint density at radius 1 is 1.40 bits per heavy atom. The number of halogens is 2. The first-order chi connectivity index (χ1) is 9.65. The first-order valence-corrected chi connectivity index (χ1v) is 8.77. The van der Waals surface area contributed by atoms with Gasteiger partial charge in [0.1, 0.15) is 5.75 Å². The molecular weight excluding hydrogens is 386 g/mol. The summed E-state index contributed by atoms with van der Waals surface area (Å²) in [6, 6.07) is 5.68. The number of hydrogen-bond acceptors (Lipinski definition) is 2. The smallest absolute Gasteiger partial charge is 0.251 e. The van der Waals surface area contributed by atoms with Crippen molar-refractivity contribution < 1.29 is 9.53 Å². The summed E-state index contributed by atoms with van der Waals surface area (Å²) in [5.74, 6) is 1.26. The molecule has 0 aromatic heterocycles. The van der Waals surface area contributed by atoms with E-state index in [1.165, 1.54) is 19.3 Å². The Morgan fingerprint density at radius 3 is 2.80 bits per heavy atom. The fourth-order valence-corrected chi connectivity index (χ4v) is 3.96. The highest BCUT2D eigenvalue weighted by molar-refractivity contribution is 9.10. The van der Waals surface area contributed by atoms with Crippen LogP contribution >= 0.6 is 31.9 Å². The molecule has 0 saturated heterocycles. The Bertz CT molecular complexity index is 479. The third kappa shape index (κ3) is 3.76. The number of rotatable bonds is 4. The molecule has 20 heavy (non-hydrogen) atoms. The number of ether oxygens (including phenoxy) is 1. The highest BCUT2D eigenvalue weighted by Gasteiger charge is 2.26. The van der Waals surface area contributed by atoms with Gasteiger partial charge in [-0.1, -0.05) is 28.8 Å². The van der Waals surface area contributed by atoms with Gasteiger partial charge in [-0.3, -0.25) is 4.79 Å².